The van der Waals surface area contributed by atoms with E-state index in [2.05, 4.69) is 51.2 Å². The van der Waals surface area contributed by atoms with E-state index in [4.69, 9.17) is 0 Å². The van der Waals surface area contributed by atoms with Crippen LogP contribution >= 0.6 is 0 Å². The number of amidine groups is 1. The van der Waals surface area contributed by atoms with Gasteiger partial charge in [-0.3, -0.25) is 0 Å². The molecule has 0 fully saturated rings. The average molecular weight is 180 g/mol. The van der Waals surface area contributed by atoms with Gasteiger partial charge in [-0.2, -0.15) is 0 Å². The molecule has 13 heavy (non-hydrogen) atoms. The van der Waals surface area contributed by atoms with Crippen molar-refractivity contribution in [3.63, 3.8) is 0 Å². The van der Waals surface area contributed by atoms with Crippen molar-refractivity contribution in [2.75, 3.05) is 7.05 Å². The van der Waals surface area contributed by atoms with Gasteiger partial charge >= 0.3 is 0 Å². The monoisotopic (exact) mass is 180 g/mol. The number of rotatable bonds is 0. The minimum absolute atomic E-state index is 0.0290. The van der Waals surface area contributed by atoms with Gasteiger partial charge in [-0.05, 0) is 20.8 Å². The van der Waals surface area contributed by atoms with E-state index in [0.717, 1.165) is 11.5 Å². The Morgan fingerprint density at radius 3 is 2.15 bits per heavy atom. The van der Waals surface area contributed by atoms with E-state index in [1.54, 1.807) is 0 Å². The zero-order chi connectivity index (χ0) is 10.4. The highest BCUT2D eigenvalue weighted by Crippen LogP contribution is 2.44. The third kappa shape index (κ3) is 1.19. The molecule has 1 rings (SSSR count). The Balaban J connectivity index is 3.26. The summed E-state index contributed by atoms with van der Waals surface area (Å²) in [6.45, 7) is 14.9. The Morgan fingerprint density at radius 2 is 1.69 bits per heavy atom. The van der Waals surface area contributed by atoms with Crippen molar-refractivity contribution >= 4 is 5.84 Å². The lowest BCUT2D eigenvalue weighted by Gasteiger charge is -2.51. The second kappa shape index (κ2) is 2.60. The molecule has 0 spiro atoms. The normalized spacial score (nSPS) is 25.8. The summed E-state index contributed by atoms with van der Waals surface area (Å²) in [5.74, 6) is 1.05. The summed E-state index contributed by atoms with van der Waals surface area (Å²) in [6, 6.07) is 0. The molecular weight excluding hydrogens is 160 g/mol. The lowest BCUT2D eigenvalue weighted by molar-refractivity contribution is 0.101. The predicted molar refractivity (Wildman–Crippen MR) is 57.9 cm³/mol. The van der Waals surface area contributed by atoms with E-state index >= 15 is 0 Å². The first-order valence-corrected chi connectivity index (χ1v) is 4.70. The summed E-state index contributed by atoms with van der Waals surface area (Å²) in [7, 11) is 2.09. The van der Waals surface area contributed by atoms with Crippen molar-refractivity contribution in [2.45, 2.75) is 40.2 Å². The van der Waals surface area contributed by atoms with Gasteiger partial charge in [0, 0.05) is 23.7 Å². The Hall–Kier alpha value is -0.790. The van der Waals surface area contributed by atoms with Crippen molar-refractivity contribution in [3.05, 3.63) is 12.3 Å². The molecule has 1 aliphatic rings. The maximum absolute atomic E-state index is 4.46. The van der Waals surface area contributed by atoms with Crippen LogP contribution < -0.4 is 0 Å². The highest BCUT2D eigenvalue weighted by molar-refractivity contribution is 5.82. The van der Waals surface area contributed by atoms with E-state index < -0.39 is 0 Å². The van der Waals surface area contributed by atoms with Gasteiger partial charge in [-0.15, -0.1) is 0 Å². The fraction of sp³-hybridized carbons (Fsp3) is 0.727. The third-order valence-electron chi connectivity index (χ3n) is 3.87. The van der Waals surface area contributed by atoms with Crippen LogP contribution in [-0.2, 0) is 0 Å². The summed E-state index contributed by atoms with van der Waals surface area (Å²) in [6.07, 6.45) is 0. The van der Waals surface area contributed by atoms with Gasteiger partial charge in [-0.25, -0.2) is 4.99 Å². The molecule has 0 bridgehead atoms. The molecule has 2 nitrogen and oxygen atoms in total. The number of hydrogen-bond donors (Lipinski definition) is 0. The fourth-order valence-corrected chi connectivity index (χ4v) is 1.59. The van der Waals surface area contributed by atoms with Crippen LogP contribution in [0.3, 0.4) is 0 Å². The van der Waals surface area contributed by atoms with Gasteiger partial charge in [0.25, 0.3) is 0 Å². The first-order valence-electron chi connectivity index (χ1n) is 4.70. The standard InChI is InChI=1S/C11H20N2/c1-8-10(3,4)11(5,6)13(7)9(2)12-8/h1H2,2-7H3. The van der Waals surface area contributed by atoms with Crippen LogP contribution in [0.25, 0.3) is 0 Å². The second-order valence-corrected chi connectivity index (χ2v) is 4.85. The molecule has 0 aromatic carbocycles. The van der Waals surface area contributed by atoms with Gasteiger partial charge in [0.2, 0.25) is 0 Å². The summed E-state index contributed by atoms with van der Waals surface area (Å²) >= 11 is 0. The molecule has 0 aromatic heterocycles. The topological polar surface area (TPSA) is 15.6 Å². The molecule has 0 N–H and O–H groups in total. The zero-order valence-electron chi connectivity index (χ0n) is 9.60. The summed E-state index contributed by atoms with van der Waals surface area (Å²) < 4.78 is 0. The first kappa shape index (κ1) is 10.3. The molecule has 0 atom stereocenters. The number of nitrogens with zero attached hydrogens (tertiary/aromatic N) is 2. The molecule has 0 amide bonds. The third-order valence-corrected chi connectivity index (χ3v) is 3.87. The SMILES string of the molecule is C=C1N=C(C)N(C)C(C)(C)C1(C)C. The maximum Gasteiger partial charge on any atom is 0.101 e. The lowest BCUT2D eigenvalue weighted by atomic mass is 9.70. The van der Waals surface area contributed by atoms with Gasteiger partial charge in [0.15, 0.2) is 0 Å². The average Bonchev–Trinajstić information content (AvgIpc) is 2.00. The van der Waals surface area contributed by atoms with Gasteiger partial charge < -0.3 is 4.90 Å². The molecule has 0 saturated carbocycles. The Kier molecular flexibility index (Phi) is 2.06. The molecule has 0 aliphatic carbocycles. The Morgan fingerprint density at radius 1 is 1.23 bits per heavy atom. The minimum atomic E-state index is 0.0290. The van der Waals surface area contributed by atoms with E-state index in [1.807, 2.05) is 6.92 Å². The molecule has 0 aromatic rings. The molecule has 1 aliphatic heterocycles. The van der Waals surface area contributed by atoms with Crippen LogP contribution in [0.1, 0.15) is 34.6 Å². The lowest BCUT2D eigenvalue weighted by Crippen LogP contribution is -2.57. The summed E-state index contributed by atoms with van der Waals surface area (Å²) in [4.78, 5) is 6.68. The number of hydrogen-bond acceptors (Lipinski definition) is 2. The minimum Gasteiger partial charge on any atom is -0.357 e. The van der Waals surface area contributed by atoms with Crippen LogP contribution in [0, 0.1) is 5.41 Å². The molecule has 0 unspecified atom stereocenters. The molecule has 2 heteroatoms. The van der Waals surface area contributed by atoms with Crippen LogP contribution in [0.15, 0.2) is 17.3 Å². The summed E-state index contributed by atoms with van der Waals surface area (Å²) in [5, 5.41) is 0. The van der Waals surface area contributed by atoms with Crippen molar-refractivity contribution in [1.82, 2.24) is 4.90 Å². The van der Waals surface area contributed by atoms with Gasteiger partial charge in [0.1, 0.15) is 5.84 Å². The van der Waals surface area contributed by atoms with Crippen molar-refractivity contribution in [3.8, 4) is 0 Å². The van der Waals surface area contributed by atoms with Crippen molar-refractivity contribution in [1.29, 1.82) is 0 Å². The molecule has 0 saturated heterocycles. The summed E-state index contributed by atoms with van der Waals surface area (Å²) in [5.41, 5.74) is 1.09. The van der Waals surface area contributed by atoms with Gasteiger partial charge in [0.05, 0.1) is 0 Å². The van der Waals surface area contributed by atoms with E-state index in [-0.39, 0.29) is 11.0 Å². The zero-order valence-corrected chi connectivity index (χ0v) is 9.60. The van der Waals surface area contributed by atoms with Crippen LogP contribution in [0.5, 0.6) is 0 Å². The maximum atomic E-state index is 4.46. The molecular formula is C11H20N2. The van der Waals surface area contributed by atoms with Crippen LogP contribution in [0.4, 0.5) is 0 Å². The van der Waals surface area contributed by atoms with Crippen LogP contribution in [-0.4, -0.2) is 23.3 Å². The molecule has 74 valence electrons. The van der Waals surface area contributed by atoms with Gasteiger partial charge in [-0.1, -0.05) is 20.4 Å². The van der Waals surface area contributed by atoms with Crippen molar-refractivity contribution in [2.24, 2.45) is 10.4 Å². The van der Waals surface area contributed by atoms with Crippen molar-refractivity contribution < 1.29 is 0 Å². The van der Waals surface area contributed by atoms with E-state index in [9.17, 15) is 0 Å². The van der Waals surface area contributed by atoms with E-state index in [0.29, 0.717) is 0 Å². The fourth-order valence-electron chi connectivity index (χ4n) is 1.59. The van der Waals surface area contributed by atoms with E-state index in [1.165, 1.54) is 0 Å². The smallest absolute Gasteiger partial charge is 0.101 e. The quantitative estimate of drug-likeness (QED) is 0.559. The highest BCUT2D eigenvalue weighted by Gasteiger charge is 2.45. The number of aliphatic imine (C=N–C) groups is 1. The Bertz CT molecular complexity index is 272. The largest absolute Gasteiger partial charge is 0.357 e. The van der Waals surface area contributed by atoms with Crippen LogP contribution in [0.2, 0.25) is 0 Å². The highest BCUT2D eigenvalue weighted by atomic mass is 15.3. The predicted octanol–water partition coefficient (Wildman–Crippen LogP) is 2.67. The molecule has 1 heterocycles. The first-order chi connectivity index (χ1) is 5.71. The Labute approximate surface area is 81.3 Å². The molecule has 0 radical (unpaired) electrons. The second-order valence-electron chi connectivity index (χ2n) is 4.85.